The Morgan fingerprint density at radius 3 is 2.93 bits per heavy atom. The minimum Gasteiger partial charge on any atom is -0.277 e. The number of rotatable bonds is 1. The van der Waals surface area contributed by atoms with Crippen molar-refractivity contribution in [3.8, 4) is 12.3 Å². The van der Waals surface area contributed by atoms with Crippen LogP contribution in [0.25, 0.3) is 10.9 Å². The van der Waals surface area contributed by atoms with Gasteiger partial charge in [-0.2, -0.15) is 5.10 Å². The van der Waals surface area contributed by atoms with Gasteiger partial charge in [-0.15, -0.1) is 6.42 Å². The maximum Gasteiger partial charge on any atom is 0.0697 e. The maximum absolute atomic E-state index is 5.51. The summed E-state index contributed by atoms with van der Waals surface area (Å²) in [6.07, 6.45) is 7.32. The van der Waals surface area contributed by atoms with Gasteiger partial charge in [-0.1, -0.05) is 24.1 Å². The zero-order valence-corrected chi connectivity index (χ0v) is 8.33. The SMILES string of the molecule is C#CC(C)(C)c1cccc2cn[nH]c12. The molecule has 2 heteroatoms. The predicted molar refractivity (Wildman–Crippen MR) is 58.0 cm³/mol. The van der Waals surface area contributed by atoms with E-state index in [4.69, 9.17) is 6.42 Å². The van der Waals surface area contributed by atoms with Crippen LogP contribution in [0.15, 0.2) is 24.4 Å². The normalized spacial score (nSPS) is 11.5. The molecule has 0 fully saturated rings. The van der Waals surface area contributed by atoms with E-state index in [1.807, 2.05) is 38.2 Å². The summed E-state index contributed by atoms with van der Waals surface area (Å²) in [5, 5.41) is 8.10. The number of aromatic amines is 1. The number of hydrogen-bond acceptors (Lipinski definition) is 1. The number of H-pyrrole nitrogens is 1. The third kappa shape index (κ3) is 1.18. The van der Waals surface area contributed by atoms with Crippen LogP contribution in [0.5, 0.6) is 0 Å². The largest absolute Gasteiger partial charge is 0.277 e. The maximum atomic E-state index is 5.51. The molecular formula is C12H12N2. The first-order chi connectivity index (χ1) is 6.65. The highest BCUT2D eigenvalue weighted by molar-refractivity contribution is 5.82. The number of benzene rings is 1. The van der Waals surface area contributed by atoms with Crippen LogP contribution >= 0.6 is 0 Å². The van der Waals surface area contributed by atoms with Gasteiger partial charge in [0.05, 0.1) is 17.1 Å². The molecule has 14 heavy (non-hydrogen) atoms. The van der Waals surface area contributed by atoms with E-state index < -0.39 is 0 Å². The van der Waals surface area contributed by atoms with E-state index in [1.54, 1.807) is 0 Å². The van der Waals surface area contributed by atoms with Gasteiger partial charge in [-0.25, -0.2) is 0 Å². The zero-order chi connectivity index (χ0) is 10.2. The first-order valence-electron chi connectivity index (χ1n) is 4.55. The van der Waals surface area contributed by atoms with Crippen molar-refractivity contribution >= 4 is 10.9 Å². The summed E-state index contributed by atoms with van der Waals surface area (Å²) in [5.74, 6) is 2.79. The van der Waals surface area contributed by atoms with Gasteiger partial charge in [-0.3, -0.25) is 5.10 Å². The Kier molecular flexibility index (Phi) is 1.82. The number of para-hydroxylation sites is 1. The Labute approximate surface area is 83.3 Å². The molecule has 1 N–H and O–H groups in total. The number of nitrogens with one attached hydrogen (secondary N) is 1. The number of terminal acetylenes is 1. The Bertz CT molecular complexity index is 500. The topological polar surface area (TPSA) is 28.7 Å². The van der Waals surface area contributed by atoms with E-state index in [9.17, 15) is 0 Å². The zero-order valence-electron chi connectivity index (χ0n) is 8.33. The van der Waals surface area contributed by atoms with Gasteiger partial charge in [0.15, 0.2) is 0 Å². The van der Waals surface area contributed by atoms with Crippen molar-refractivity contribution in [1.82, 2.24) is 10.2 Å². The van der Waals surface area contributed by atoms with Crippen molar-refractivity contribution in [3.63, 3.8) is 0 Å². The van der Waals surface area contributed by atoms with Gasteiger partial charge in [-0.05, 0) is 19.4 Å². The van der Waals surface area contributed by atoms with Crippen LogP contribution in [0.4, 0.5) is 0 Å². The van der Waals surface area contributed by atoms with E-state index >= 15 is 0 Å². The molecule has 0 saturated carbocycles. The fraction of sp³-hybridized carbons (Fsp3) is 0.250. The molecule has 2 rings (SSSR count). The van der Waals surface area contributed by atoms with Gasteiger partial charge in [0.2, 0.25) is 0 Å². The summed E-state index contributed by atoms with van der Waals surface area (Å²) >= 11 is 0. The summed E-state index contributed by atoms with van der Waals surface area (Å²) < 4.78 is 0. The van der Waals surface area contributed by atoms with Crippen LogP contribution in [0.1, 0.15) is 19.4 Å². The third-order valence-electron chi connectivity index (χ3n) is 2.51. The minimum absolute atomic E-state index is 0.258. The lowest BCUT2D eigenvalue weighted by molar-refractivity contribution is 0.704. The Hall–Kier alpha value is -1.75. The van der Waals surface area contributed by atoms with Crippen LogP contribution in [-0.2, 0) is 5.41 Å². The van der Waals surface area contributed by atoms with Crippen LogP contribution in [0.3, 0.4) is 0 Å². The van der Waals surface area contributed by atoms with Gasteiger partial charge in [0, 0.05) is 5.39 Å². The standard InChI is InChI=1S/C12H12N2/c1-4-12(2,3)10-7-5-6-9-8-13-14-11(9)10/h1,5-8H,2-3H3,(H,13,14). The number of aromatic nitrogens is 2. The average molecular weight is 184 g/mol. The molecule has 0 aliphatic rings. The summed E-state index contributed by atoms with van der Waals surface area (Å²) in [4.78, 5) is 0. The third-order valence-corrected chi connectivity index (χ3v) is 2.51. The fourth-order valence-electron chi connectivity index (χ4n) is 1.57. The number of hydrogen-bond donors (Lipinski definition) is 1. The van der Waals surface area contributed by atoms with Crippen LogP contribution in [0.2, 0.25) is 0 Å². The van der Waals surface area contributed by atoms with Crippen molar-refractivity contribution in [1.29, 1.82) is 0 Å². The Morgan fingerprint density at radius 2 is 2.21 bits per heavy atom. The van der Waals surface area contributed by atoms with Crippen molar-refractivity contribution in [3.05, 3.63) is 30.0 Å². The van der Waals surface area contributed by atoms with E-state index in [0.29, 0.717) is 0 Å². The highest BCUT2D eigenvalue weighted by atomic mass is 15.1. The fourth-order valence-corrected chi connectivity index (χ4v) is 1.57. The van der Waals surface area contributed by atoms with E-state index in [-0.39, 0.29) is 5.41 Å². The summed E-state index contributed by atoms with van der Waals surface area (Å²) in [5.41, 5.74) is 1.90. The molecule has 0 saturated heterocycles. The average Bonchev–Trinajstić information content (AvgIpc) is 2.64. The molecule has 2 nitrogen and oxygen atoms in total. The summed E-state index contributed by atoms with van der Waals surface area (Å²) in [7, 11) is 0. The first kappa shape index (κ1) is 8.83. The van der Waals surface area contributed by atoms with Crippen molar-refractivity contribution < 1.29 is 0 Å². The molecule has 1 aromatic carbocycles. The molecule has 0 spiro atoms. The molecule has 0 unspecified atom stereocenters. The molecule has 1 aromatic heterocycles. The molecule has 0 bridgehead atoms. The van der Waals surface area contributed by atoms with Gasteiger partial charge in [0.25, 0.3) is 0 Å². The number of nitrogens with zero attached hydrogens (tertiary/aromatic N) is 1. The lowest BCUT2D eigenvalue weighted by Crippen LogP contribution is -2.14. The second kappa shape index (κ2) is 2.88. The first-order valence-corrected chi connectivity index (χ1v) is 4.55. The number of fused-ring (bicyclic) bond motifs is 1. The molecule has 0 aliphatic carbocycles. The molecule has 1 heterocycles. The molecule has 0 atom stereocenters. The molecule has 0 radical (unpaired) electrons. The van der Waals surface area contributed by atoms with Crippen molar-refractivity contribution in [2.75, 3.05) is 0 Å². The Morgan fingerprint density at radius 1 is 1.43 bits per heavy atom. The monoisotopic (exact) mass is 184 g/mol. The minimum atomic E-state index is -0.258. The highest BCUT2D eigenvalue weighted by Gasteiger charge is 2.20. The second-order valence-corrected chi connectivity index (χ2v) is 3.91. The van der Waals surface area contributed by atoms with E-state index in [1.165, 1.54) is 0 Å². The van der Waals surface area contributed by atoms with Gasteiger partial charge in [0.1, 0.15) is 0 Å². The van der Waals surface area contributed by atoms with Gasteiger partial charge < -0.3 is 0 Å². The van der Waals surface area contributed by atoms with E-state index in [2.05, 4.69) is 16.1 Å². The smallest absolute Gasteiger partial charge is 0.0697 e. The van der Waals surface area contributed by atoms with Crippen LogP contribution in [0, 0.1) is 12.3 Å². The van der Waals surface area contributed by atoms with Crippen LogP contribution in [-0.4, -0.2) is 10.2 Å². The van der Waals surface area contributed by atoms with Gasteiger partial charge >= 0.3 is 0 Å². The summed E-state index contributed by atoms with van der Waals surface area (Å²) in [6, 6.07) is 6.07. The molecule has 70 valence electrons. The lowest BCUT2D eigenvalue weighted by Gasteiger charge is -2.18. The molecule has 2 aromatic rings. The van der Waals surface area contributed by atoms with Crippen molar-refractivity contribution in [2.45, 2.75) is 19.3 Å². The summed E-state index contributed by atoms with van der Waals surface area (Å²) in [6.45, 7) is 4.06. The van der Waals surface area contributed by atoms with E-state index in [0.717, 1.165) is 16.5 Å². The molecule has 0 aliphatic heterocycles. The Balaban J connectivity index is 2.75. The quantitative estimate of drug-likeness (QED) is 0.678. The predicted octanol–water partition coefficient (Wildman–Crippen LogP) is 2.47. The highest BCUT2D eigenvalue weighted by Crippen LogP contribution is 2.27. The molecule has 0 amide bonds. The van der Waals surface area contributed by atoms with Crippen molar-refractivity contribution in [2.24, 2.45) is 0 Å². The second-order valence-electron chi connectivity index (χ2n) is 3.91. The molecular weight excluding hydrogens is 172 g/mol. The van der Waals surface area contributed by atoms with Crippen LogP contribution < -0.4 is 0 Å². The lowest BCUT2D eigenvalue weighted by atomic mass is 9.84.